The molecule has 0 unspecified atom stereocenters. The van der Waals surface area contributed by atoms with Gasteiger partial charge in [-0.15, -0.1) is 0 Å². The van der Waals surface area contributed by atoms with Gasteiger partial charge in [0.05, 0.1) is 5.57 Å². The lowest BCUT2D eigenvalue weighted by Gasteiger charge is -2.07. The van der Waals surface area contributed by atoms with Gasteiger partial charge in [0.2, 0.25) is 0 Å². The van der Waals surface area contributed by atoms with E-state index in [4.69, 9.17) is 21.0 Å². The van der Waals surface area contributed by atoms with Crippen LogP contribution in [0.1, 0.15) is 16.7 Å². The summed E-state index contributed by atoms with van der Waals surface area (Å²) in [5, 5.41) is 3.78. The number of hydrogen-bond acceptors (Lipinski definition) is 5. The lowest BCUT2D eigenvalue weighted by Crippen LogP contribution is -2.20. The molecular formula is C24H21N3O4. The molecule has 0 bridgehead atoms. The molecule has 4 N–H and O–H groups in total. The van der Waals surface area contributed by atoms with Crippen LogP contribution in [-0.4, -0.2) is 24.3 Å². The van der Waals surface area contributed by atoms with Crippen LogP contribution in [0, 0.1) is 0 Å². The third-order valence-electron chi connectivity index (χ3n) is 4.17. The Kier molecular flexibility index (Phi) is 7.16. The number of ether oxygens (including phenoxy) is 1. The molecule has 0 heterocycles. The minimum Gasteiger partial charge on any atom is -0.484 e. The zero-order valence-electron chi connectivity index (χ0n) is 16.6. The van der Waals surface area contributed by atoms with Crippen molar-refractivity contribution in [1.82, 2.24) is 0 Å². The first kappa shape index (κ1) is 21.3. The predicted molar refractivity (Wildman–Crippen MR) is 119 cm³/mol. The van der Waals surface area contributed by atoms with Crippen molar-refractivity contribution < 1.29 is 19.2 Å². The highest BCUT2D eigenvalue weighted by atomic mass is 16.7. The van der Waals surface area contributed by atoms with E-state index in [1.807, 2.05) is 60.7 Å². The van der Waals surface area contributed by atoms with Crippen molar-refractivity contribution in [2.45, 2.75) is 0 Å². The van der Waals surface area contributed by atoms with Crippen LogP contribution in [0.2, 0.25) is 0 Å². The average Bonchev–Trinajstić information content (AvgIpc) is 2.81. The largest absolute Gasteiger partial charge is 0.484 e. The summed E-state index contributed by atoms with van der Waals surface area (Å²) in [6.07, 6.45) is 1.73. The van der Waals surface area contributed by atoms with Crippen LogP contribution >= 0.6 is 0 Å². The fourth-order valence-corrected chi connectivity index (χ4v) is 2.66. The molecule has 3 aromatic carbocycles. The predicted octanol–water partition coefficient (Wildman–Crippen LogP) is 2.96. The number of carbonyl (C=O) groups excluding carboxylic acids is 2. The number of carbonyl (C=O) groups is 2. The number of oxime groups is 1. The Labute approximate surface area is 179 Å². The molecule has 1 amide bonds. The molecule has 0 aliphatic rings. The second-order valence-corrected chi connectivity index (χ2v) is 6.47. The van der Waals surface area contributed by atoms with Crippen LogP contribution in [0.3, 0.4) is 0 Å². The molecule has 3 rings (SSSR count). The molecule has 0 atom stereocenters. The molecule has 0 fully saturated rings. The zero-order chi connectivity index (χ0) is 22.1. The molecular weight excluding hydrogens is 394 g/mol. The first-order valence-corrected chi connectivity index (χ1v) is 9.41. The number of nitrogens with two attached hydrogens (primary N) is 2. The van der Waals surface area contributed by atoms with Gasteiger partial charge in [0, 0.05) is 5.56 Å². The summed E-state index contributed by atoms with van der Waals surface area (Å²) < 4.78 is 5.19. The number of benzene rings is 3. The minimum atomic E-state index is -0.639. The highest BCUT2D eigenvalue weighted by Gasteiger charge is 2.14. The number of rotatable bonds is 8. The van der Waals surface area contributed by atoms with Gasteiger partial charge in [-0.25, -0.2) is 4.79 Å². The average molecular weight is 415 g/mol. The Hall–Kier alpha value is -4.39. The molecule has 3 aromatic rings. The molecule has 7 heteroatoms. The molecule has 0 saturated carbocycles. The van der Waals surface area contributed by atoms with Crippen LogP contribution in [0.25, 0.3) is 11.6 Å². The summed E-state index contributed by atoms with van der Waals surface area (Å²) in [5.74, 6) is -0.749. The smallest absolute Gasteiger partial charge is 0.366 e. The molecule has 0 spiro atoms. The van der Waals surface area contributed by atoms with Gasteiger partial charge in [0.15, 0.2) is 12.4 Å². The first-order chi connectivity index (χ1) is 15.0. The second kappa shape index (κ2) is 10.4. The van der Waals surface area contributed by atoms with Crippen molar-refractivity contribution in [1.29, 1.82) is 0 Å². The van der Waals surface area contributed by atoms with E-state index in [-0.39, 0.29) is 12.4 Å². The summed E-state index contributed by atoms with van der Waals surface area (Å²) >= 11 is 0. The quantitative estimate of drug-likeness (QED) is 0.146. The molecule has 0 aliphatic heterocycles. The highest BCUT2D eigenvalue weighted by molar-refractivity contribution is 6.21. The summed E-state index contributed by atoms with van der Waals surface area (Å²) in [6.45, 7) is -0.226. The summed E-state index contributed by atoms with van der Waals surface area (Å²) in [5.41, 5.74) is 13.4. The van der Waals surface area contributed by atoms with Crippen LogP contribution < -0.4 is 16.2 Å². The maximum atomic E-state index is 12.8. The van der Waals surface area contributed by atoms with Crippen molar-refractivity contribution in [3.8, 4) is 5.75 Å². The van der Waals surface area contributed by atoms with Gasteiger partial charge in [0.1, 0.15) is 5.75 Å². The Bertz CT molecular complexity index is 1090. The Morgan fingerprint density at radius 3 is 2.03 bits per heavy atom. The summed E-state index contributed by atoms with van der Waals surface area (Å²) in [6, 6.07) is 25.0. The van der Waals surface area contributed by atoms with E-state index >= 15 is 0 Å². The number of nitrogens with zero attached hydrogens (tertiary/aromatic N) is 1. The summed E-state index contributed by atoms with van der Waals surface area (Å²) in [4.78, 5) is 28.7. The highest BCUT2D eigenvalue weighted by Crippen LogP contribution is 2.20. The van der Waals surface area contributed by atoms with Crippen molar-refractivity contribution >= 4 is 29.4 Å². The third kappa shape index (κ3) is 6.30. The normalized spacial score (nSPS) is 11.6. The monoisotopic (exact) mass is 415 g/mol. The Morgan fingerprint density at radius 1 is 0.806 bits per heavy atom. The molecule has 31 heavy (non-hydrogen) atoms. The second-order valence-electron chi connectivity index (χ2n) is 6.47. The van der Waals surface area contributed by atoms with Crippen LogP contribution in [0.4, 0.5) is 0 Å². The molecule has 0 aromatic heterocycles. The van der Waals surface area contributed by atoms with Crippen LogP contribution in [-0.2, 0) is 14.4 Å². The van der Waals surface area contributed by atoms with Crippen LogP contribution in [0.15, 0.2) is 90.1 Å². The van der Waals surface area contributed by atoms with E-state index < -0.39 is 11.9 Å². The third-order valence-corrected chi connectivity index (χ3v) is 4.17. The minimum absolute atomic E-state index is 0.0157. The van der Waals surface area contributed by atoms with E-state index in [2.05, 4.69) is 5.16 Å². The Balaban J connectivity index is 1.76. The van der Waals surface area contributed by atoms with Crippen molar-refractivity contribution in [2.24, 2.45) is 16.6 Å². The maximum Gasteiger partial charge on any atom is 0.366 e. The molecule has 7 nitrogen and oxygen atoms in total. The number of hydrogen-bond donors (Lipinski definition) is 2. The van der Waals surface area contributed by atoms with E-state index in [0.717, 1.165) is 5.56 Å². The molecule has 0 radical (unpaired) electrons. The van der Waals surface area contributed by atoms with Crippen molar-refractivity contribution in [2.75, 3.05) is 6.61 Å². The van der Waals surface area contributed by atoms with E-state index in [1.165, 1.54) is 0 Å². The SMILES string of the molecule is NC(=O)COc1ccc(/C(N)=N/OC(=O)/C(=C\c2ccccc2)c2ccccc2)cc1. The molecule has 0 aliphatic carbocycles. The topological polar surface area (TPSA) is 117 Å². The van der Waals surface area contributed by atoms with Crippen LogP contribution in [0.5, 0.6) is 5.75 Å². The van der Waals surface area contributed by atoms with Gasteiger partial charge in [-0.05, 0) is 41.5 Å². The van der Waals surface area contributed by atoms with Gasteiger partial charge < -0.3 is 21.0 Å². The molecule has 156 valence electrons. The number of primary amides is 1. The fourth-order valence-electron chi connectivity index (χ4n) is 2.66. The van der Waals surface area contributed by atoms with Gasteiger partial charge in [0.25, 0.3) is 5.91 Å². The lowest BCUT2D eigenvalue weighted by molar-refractivity contribution is -0.136. The van der Waals surface area contributed by atoms with Gasteiger partial charge in [-0.3, -0.25) is 4.79 Å². The number of amidine groups is 1. The van der Waals surface area contributed by atoms with Crippen molar-refractivity contribution in [3.05, 3.63) is 102 Å². The summed E-state index contributed by atoms with van der Waals surface area (Å²) in [7, 11) is 0. The lowest BCUT2D eigenvalue weighted by atomic mass is 10.0. The van der Waals surface area contributed by atoms with E-state index in [1.54, 1.807) is 30.3 Å². The maximum absolute atomic E-state index is 12.8. The Morgan fingerprint density at radius 2 is 1.42 bits per heavy atom. The number of amides is 1. The zero-order valence-corrected chi connectivity index (χ0v) is 16.6. The molecule has 0 saturated heterocycles. The van der Waals surface area contributed by atoms with Gasteiger partial charge >= 0.3 is 5.97 Å². The standard InChI is InChI=1S/C24H21N3O4/c25-22(28)16-30-20-13-11-19(12-14-20)23(26)27-31-24(29)21(18-9-5-2-6-10-18)15-17-7-3-1-4-8-17/h1-15H,16H2,(H2,25,28)(H2,26,27)/b21-15-. The van der Waals surface area contributed by atoms with Crippen molar-refractivity contribution in [3.63, 3.8) is 0 Å². The van der Waals surface area contributed by atoms with E-state index in [9.17, 15) is 9.59 Å². The van der Waals surface area contributed by atoms with Gasteiger partial charge in [-0.2, -0.15) is 0 Å². The van der Waals surface area contributed by atoms with E-state index in [0.29, 0.717) is 22.4 Å². The first-order valence-electron chi connectivity index (χ1n) is 9.41. The van der Waals surface area contributed by atoms with Gasteiger partial charge in [-0.1, -0.05) is 65.8 Å². The fraction of sp³-hybridized carbons (Fsp3) is 0.0417.